The number of nitrogens with zero attached hydrogens (tertiary/aromatic N) is 1. The molecular formula is C13H16N2O4. The first-order valence-electron chi connectivity index (χ1n) is 5.55. The summed E-state index contributed by atoms with van der Waals surface area (Å²) < 4.78 is 5.08. The van der Waals surface area contributed by atoms with Crippen LogP contribution in [0.25, 0.3) is 0 Å². The van der Waals surface area contributed by atoms with Gasteiger partial charge in [0.05, 0.1) is 12.7 Å². The highest BCUT2D eigenvalue weighted by molar-refractivity contribution is 5.98. The molecule has 6 nitrogen and oxygen atoms in total. The molecule has 19 heavy (non-hydrogen) atoms. The van der Waals surface area contributed by atoms with E-state index in [0.29, 0.717) is 11.4 Å². The number of carbonyl (C=O) groups excluding carboxylic acids is 1. The number of benzene rings is 1. The lowest BCUT2D eigenvalue weighted by Gasteiger charge is -2.20. The van der Waals surface area contributed by atoms with Crippen molar-refractivity contribution in [3.8, 4) is 5.75 Å². The van der Waals surface area contributed by atoms with E-state index >= 15 is 0 Å². The predicted molar refractivity (Wildman–Crippen MR) is 71.1 cm³/mol. The Balaban J connectivity index is 3.08. The number of ether oxygens (including phenoxy) is 1. The van der Waals surface area contributed by atoms with Gasteiger partial charge in [-0.1, -0.05) is 6.08 Å². The molecule has 0 saturated carbocycles. The van der Waals surface area contributed by atoms with Crippen LogP contribution in [0, 0.1) is 0 Å². The number of hydrogen-bond donors (Lipinski definition) is 2. The maximum atomic E-state index is 12.3. The summed E-state index contributed by atoms with van der Waals surface area (Å²) in [5.74, 6) is -1.23. The molecule has 0 saturated heterocycles. The number of amides is 1. The van der Waals surface area contributed by atoms with Gasteiger partial charge in [-0.3, -0.25) is 9.59 Å². The average Bonchev–Trinajstić information content (AvgIpc) is 2.36. The Hall–Kier alpha value is -2.50. The highest BCUT2D eigenvalue weighted by Crippen LogP contribution is 2.23. The molecule has 102 valence electrons. The topological polar surface area (TPSA) is 92.9 Å². The average molecular weight is 264 g/mol. The first kappa shape index (κ1) is 14.6. The molecule has 0 aliphatic carbocycles. The van der Waals surface area contributed by atoms with E-state index in [2.05, 4.69) is 6.58 Å². The van der Waals surface area contributed by atoms with Gasteiger partial charge in [-0.25, -0.2) is 0 Å². The molecule has 0 fully saturated rings. The molecule has 0 radical (unpaired) electrons. The van der Waals surface area contributed by atoms with Crippen molar-refractivity contribution in [1.82, 2.24) is 4.90 Å². The molecule has 0 unspecified atom stereocenters. The van der Waals surface area contributed by atoms with Crippen molar-refractivity contribution >= 4 is 17.6 Å². The molecule has 1 aromatic carbocycles. The molecule has 1 aromatic rings. The van der Waals surface area contributed by atoms with Crippen molar-refractivity contribution in [2.24, 2.45) is 0 Å². The summed E-state index contributed by atoms with van der Waals surface area (Å²) in [5.41, 5.74) is 6.33. The number of aliphatic carboxylic acids is 1. The lowest BCUT2D eigenvalue weighted by atomic mass is 10.1. The summed E-state index contributed by atoms with van der Waals surface area (Å²) in [4.78, 5) is 24.2. The first-order chi connectivity index (χ1) is 8.99. The van der Waals surface area contributed by atoms with Crippen LogP contribution in [0.3, 0.4) is 0 Å². The van der Waals surface area contributed by atoms with Gasteiger partial charge in [-0.15, -0.1) is 6.58 Å². The van der Waals surface area contributed by atoms with Gasteiger partial charge >= 0.3 is 5.97 Å². The zero-order chi connectivity index (χ0) is 14.4. The van der Waals surface area contributed by atoms with Crippen LogP contribution in [-0.4, -0.2) is 42.1 Å². The third-order valence-electron chi connectivity index (χ3n) is 2.42. The normalized spacial score (nSPS) is 9.74. The van der Waals surface area contributed by atoms with Crippen molar-refractivity contribution in [2.45, 2.75) is 0 Å². The molecule has 0 aromatic heterocycles. The predicted octanol–water partition coefficient (Wildman–Crippen LogP) is 0.990. The number of carboxylic acids is 1. The highest BCUT2D eigenvalue weighted by atomic mass is 16.5. The third-order valence-corrected chi connectivity index (χ3v) is 2.42. The van der Waals surface area contributed by atoms with Gasteiger partial charge in [0, 0.05) is 18.3 Å². The Morgan fingerprint density at radius 2 is 2.21 bits per heavy atom. The maximum Gasteiger partial charge on any atom is 0.323 e. The van der Waals surface area contributed by atoms with Gasteiger partial charge in [0.15, 0.2) is 0 Å². The zero-order valence-corrected chi connectivity index (χ0v) is 10.6. The van der Waals surface area contributed by atoms with Crippen LogP contribution < -0.4 is 10.5 Å². The number of nitrogens with two attached hydrogens (primary N) is 1. The van der Waals surface area contributed by atoms with Crippen LogP contribution in [0.15, 0.2) is 30.9 Å². The molecule has 0 spiro atoms. The first-order valence-corrected chi connectivity index (χ1v) is 5.55. The highest BCUT2D eigenvalue weighted by Gasteiger charge is 2.20. The minimum absolute atomic E-state index is 0.138. The summed E-state index contributed by atoms with van der Waals surface area (Å²) in [6.07, 6.45) is 1.46. The van der Waals surface area contributed by atoms with E-state index in [9.17, 15) is 9.59 Å². The van der Waals surface area contributed by atoms with E-state index in [1.165, 1.54) is 25.3 Å². The number of rotatable bonds is 6. The van der Waals surface area contributed by atoms with Gasteiger partial charge in [-0.05, 0) is 12.1 Å². The molecule has 0 aliphatic heterocycles. The van der Waals surface area contributed by atoms with Gasteiger partial charge in [-0.2, -0.15) is 0 Å². The molecule has 1 amide bonds. The zero-order valence-electron chi connectivity index (χ0n) is 10.6. The Kier molecular flexibility index (Phi) is 4.93. The fourth-order valence-electron chi connectivity index (χ4n) is 1.59. The Labute approximate surface area is 111 Å². The van der Waals surface area contributed by atoms with Crippen LogP contribution in [0.2, 0.25) is 0 Å². The number of methoxy groups -OCH3 is 1. The fraction of sp³-hybridized carbons (Fsp3) is 0.231. The van der Waals surface area contributed by atoms with Gasteiger partial charge in [0.25, 0.3) is 5.91 Å². The number of nitrogen functional groups attached to an aromatic ring is 1. The molecule has 3 N–H and O–H groups in total. The van der Waals surface area contributed by atoms with Crippen molar-refractivity contribution < 1.29 is 19.4 Å². The molecule has 0 heterocycles. The number of carboxylic acid groups (broad SMARTS) is 1. The number of hydrogen-bond acceptors (Lipinski definition) is 4. The summed E-state index contributed by atoms with van der Waals surface area (Å²) in [6.45, 7) is 3.24. The van der Waals surface area contributed by atoms with Crippen LogP contribution in [-0.2, 0) is 4.79 Å². The second-order valence-electron chi connectivity index (χ2n) is 3.83. The van der Waals surface area contributed by atoms with E-state index in [4.69, 9.17) is 15.6 Å². The minimum atomic E-state index is -1.09. The van der Waals surface area contributed by atoms with Crippen LogP contribution in [0.4, 0.5) is 5.69 Å². The summed E-state index contributed by atoms with van der Waals surface area (Å²) in [5, 5.41) is 8.80. The lowest BCUT2D eigenvalue weighted by molar-refractivity contribution is -0.137. The monoisotopic (exact) mass is 264 g/mol. The van der Waals surface area contributed by atoms with Crippen molar-refractivity contribution in [3.63, 3.8) is 0 Å². The summed E-state index contributed by atoms with van der Waals surface area (Å²) >= 11 is 0. The smallest absolute Gasteiger partial charge is 0.323 e. The molecule has 0 bridgehead atoms. The van der Waals surface area contributed by atoms with Crippen LogP contribution in [0.1, 0.15) is 10.4 Å². The summed E-state index contributed by atoms with van der Waals surface area (Å²) in [6, 6.07) is 4.58. The number of anilines is 1. The number of carbonyl (C=O) groups is 2. The minimum Gasteiger partial charge on any atom is -0.496 e. The molecular weight excluding hydrogens is 248 g/mol. The summed E-state index contributed by atoms with van der Waals surface area (Å²) in [7, 11) is 1.42. The molecule has 1 rings (SSSR count). The largest absolute Gasteiger partial charge is 0.496 e. The molecule has 0 aliphatic rings. The lowest BCUT2D eigenvalue weighted by Crippen LogP contribution is -2.36. The second-order valence-corrected chi connectivity index (χ2v) is 3.83. The molecule has 0 atom stereocenters. The molecule has 6 heteroatoms. The Bertz CT molecular complexity index is 499. The van der Waals surface area contributed by atoms with Gasteiger partial charge < -0.3 is 20.5 Å². The van der Waals surface area contributed by atoms with Crippen molar-refractivity contribution in [2.75, 3.05) is 25.9 Å². The maximum absolute atomic E-state index is 12.3. The van der Waals surface area contributed by atoms with E-state index < -0.39 is 18.4 Å². The van der Waals surface area contributed by atoms with Gasteiger partial charge in [0.1, 0.15) is 12.3 Å². The third kappa shape index (κ3) is 3.74. The SMILES string of the molecule is C=CCN(CC(=O)O)C(=O)c1ccc(N)cc1OC. The van der Waals surface area contributed by atoms with E-state index in [1.54, 1.807) is 6.07 Å². The van der Waals surface area contributed by atoms with Crippen molar-refractivity contribution in [3.05, 3.63) is 36.4 Å². The quantitative estimate of drug-likeness (QED) is 0.590. The van der Waals surface area contributed by atoms with Gasteiger partial charge in [0.2, 0.25) is 0 Å². The second kappa shape index (κ2) is 6.44. The van der Waals surface area contributed by atoms with E-state index in [0.717, 1.165) is 4.90 Å². The Morgan fingerprint density at radius 1 is 1.53 bits per heavy atom. The Morgan fingerprint density at radius 3 is 2.74 bits per heavy atom. The van der Waals surface area contributed by atoms with Crippen LogP contribution in [0.5, 0.6) is 5.75 Å². The van der Waals surface area contributed by atoms with E-state index in [-0.39, 0.29) is 12.1 Å². The van der Waals surface area contributed by atoms with Crippen LogP contribution >= 0.6 is 0 Å². The standard InChI is InChI=1S/C13H16N2O4/c1-3-6-15(8-12(16)17)13(18)10-5-4-9(14)7-11(10)19-2/h3-5,7H,1,6,8,14H2,2H3,(H,16,17). The van der Waals surface area contributed by atoms with E-state index in [1.807, 2.05) is 0 Å². The van der Waals surface area contributed by atoms with Crippen molar-refractivity contribution in [1.29, 1.82) is 0 Å². The fourth-order valence-corrected chi connectivity index (χ4v) is 1.59.